The van der Waals surface area contributed by atoms with Crippen LogP contribution in [0.3, 0.4) is 0 Å². The molecule has 0 saturated heterocycles. The molecule has 3 rings (SSSR count). The van der Waals surface area contributed by atoms with E-state index in [1.54, 1.807) is 0 Å². The first-order valence-corrected chi connectivity index (χ1v) is 11.0. The van der Waals surface area contributed by atoms with Crippen LogP contribution >= 0.6 is 0 Å². The van der Waals surface area contributed by atoms with Gasteiger partial charge < -0.3 is 9.47 Å². The lowest BCUT2D eigenvalue weighted by Crippen LogP contribution is -2.41. The standard InChI is InChI=1S/C25H36N2O/c1-20(2)21(3)27(25(28)16-15-22-10-7-8-11-22)19-24-14-9-17-26(24)18-23-12-5-4-6-13-23/h4-6,9,12-14,17,20-22H,7-8,10-11,15-16,18-19H2,1-3H3. The summed E-state index contributed by atoms with van der Waals surface area (Å²) in [5.41, 5.74) is 2.50. The van der Waals surface area contributed by atoms with E-state index in [4.69, 9.17) is 0 Å². The summed E-state index contributed by atoms with van der Waals surface area (Å²) in [6.07, 6.45) is 9.20. The minimum Gasteiger partial charge on any atom is -0.345 e. The van der Waals surface area contributed by atoms with Gasteiger partial charge in [-0.25, -0.2) is 0 Å². The molecule has 1 fully saturated rings. The number of benzene rings is 1. The van der Waals surface area contributed by atoms with Gasteiger partial charge in [0.15, 0.2) is 0 Å². The van der Waals surface area contributed by atoms with Crippen molar-refractivity contribution in [3.63, 3.8) is 0 Å². The third-order valence-corrected chi connectivity index (χ3v) is 6.47. The molecule has 1 aliphatic carbocycles. The second-order valence-electron chi connectivity index (χ2n) is 8.81. The van der Waals surface area contributed by atoms with Gasteiger partial charge in [-0.1, -0.05) is 69.9 Å². The molecule has 1 aliphatic rings. The Labute approximate surface area is 170 Å². The Hall–Kier alpha value is -2.03. The predicted octanol–water partition coefficient (Wildman–Crippen LogP) is 5.88. The zero-order valence-corrected chi connectivity index (χ0v) is 17.8. The summed E-state index contributed by atoms with van der Waals surface area (Å²) in [6, 6.07) is 15.0. The molecule has 1 heterocycles. The molecular formula is C25H36N2O. The van der Waals surface area contributed by atoms with E-state index in [9.17, 15) is 4.79 Å². The molecule has 0 bridgehead atoms. The van der Waals surface area contributed by atoms with Crippen LogP contribution in [0.5, 0.6) is 0 Å². The molecule has 3 nitrogen and oxygen atoms in total. The Morgan fingerprint density at radius 2 is 1.79 bits per heavy atom. The van der Waals surface area contributed by atoms with E-state index in [-0.39, 0.29) is 6.04 Å². The van der Waals surface area contributed by atoms with Gasteiger partial charge in [-0.05, 0) is 42.9 Å². The lowest BCUT2D eigenvalue weighted by Gasteiger charge is -2.33. The number of aromatic nitrogens is 1. The summed E-state index contributed by atoms with van der Waals surface area (Å²) in [6.45, 7) is 8.17. The topological polar surface area (TPSA) is 25.2 Å². The molecule has 0 N–H and O–H groups in total. The molecule has 152 valence electrons. The molecule has 28 heavy (non-hydrogen) atoms. The first-order chi connectivity index (χ1) is 13.5. The van der Waals surface area contributed by atoms with Crippen molar-refractivity contribution in [2.45, 2.75) is 78.4 Å². The zero-order chi connectivity index (χ0) is 19.9. The minimum absolute atomic E-state index is 0.246. The fraction of sp³-hybridized carbons (Fsp3) is 0.560. The van der Waals surface area contributed by atoms with Crippen LogP contribution in [0.2, 0.25) is 0 Å². The van der Waals surface area contributed by atoms with Crippen LogP contribution in [-0.4, -0.2) is 21.4 Å². The van der Waals surface area contributed by atoms with Gasteiger partial charge in [-0.15, -0.1) is 0 Å². The van der Waals surface area contributed by atoms with Crippen molar-refractivity contribution in [2.75, 3.05) is 0 Å². The molecule has 1 unspecified atom stereocenters. The first-order valence-electron chi connectivity index (χ1n) is 11.0. The summed E-state index contributed by atoms with van der Waals surface area (Å²) < 4.78 is 2.28. The Kier molecular flexibility index (Phi) is 7.36. The summed E-state index contributed by atoms with van der Waals surface area (Å²) in [5.74, 6) is 1.54. The van der Waals surface area contributed by atoms with Crippen molar-refractivity contribution >= 4 is 5.91 Å². The number of nitrogens with zero attached hydrogens (tertiary/aromatic N) is 2. The summed E-state index contributed by atoms with van der Waals surface area (Å²) in [5, 5.41) is 0. The van der Waals surface area contributed by atoms with Crippen LogP contribution in [0.1, 0.15) is 70.6 Å². The van der Waals surface area contributed by atoms with Gasteiger partial charge >= 0.3 is 0 Å². The largest absolute Gasteiger partial charge is 0.345 e. The van der Waals surface area contributed by atoms with E-state index in [0.717, 1.165) is 18.9 Å². The van der Waals surface area contributed by atoms with Gasteiger partial charge in [0.05, 0.1) is 6.54 Å². The summed E-state index contributed by atoms with van der Waals surface area (Å²) >= 11 is 0. The highest BCUT2D eigenvalue weighted by Gasteiger charge is 2.25. The van der Waals surface area contributed by atoms with E-state index in [0.29, 0.717) is 24.8 Å². The lowest BCUT2D eigenvalue weighted by molar-refractivity contribution is -0.135. The van der Waals surface area contributed by atoms with Gasteiger partial charge in [0, 0.05) is 30.9 Å². The monoisotopic (exact) mass is 380 g/mol. The Balaban J connectivity index is 1.69. The predicted molar refractivity (Wildman–Crippen MR) is 116 cm³/mol. The second-order valence-corrected chi connectivity index (χ2v) is 8.81. The van der Waals surface area contributed by atoms with E-state index < -0.39 is 0 Å². The van der Waals surface area contributed by atoms with Gasteiger partial charge in [0.25, 0.3) is 0 Å². The molecule has 2 aromatic rings. The van der Waals surface area contributed by atoms with Gasteiger partial charge in [-0.2, -0.15) is 0 Å². The van der Waals surface area contributed by atoms with Gasteiger partial charge in [0.1, 0.15) is 0 Å². The fourth-order valence-electron chi connectivity index (χ4n) is 4.29. The number of amides is 1. The maximum Gasteiger partial charge on any atom is 0.223 e. The number of carbonyl (C=O) groups excluding carboxylic acids is 1. The van der Waals surface area contributed by atoms with E-state index in [1.807, 2.05) is 0 Å². The molecule has 1 aromatic heterocycles. The fourth-order valence-corrected chi connectivity index (χ4v) is 4.29. The van der Waals surface area contributed by atoms with E-state index >= 15 is 0 Å². The normalized spacial score (nSPS) is 15.9. The van der Waals surface area contributed by atoms with Crippen LogP contribution in [-0.2, 0) is 17.9 Å². The molecule has 0 spiro atoms. The number of carbonyl (C=O) groups is 1. The molecule has 0 radical (unpaired) electrons. The van der Waals surface area contributed by atoms with Crippen molar-refractivity contribution in [1.29, 1.82) is 0 Å². The molecule has 1 saturated carbocycles. The van der Waals surface area contributed by atoms with Crippen molar-refractivity contribution < 1.29 is 4.79 Å². The average molecular weight is 381 g/mol. The Morgan fingerprint density at radius 3 is 2.46 bits per heavy atom. The summed E-state index contributed by atoms with van der Waals surface area (Å²) in [4.78, 5) is 15.3. The number of hydrogen-bond donors (Lipinski definition) is 0. The highest BCUT2D eigenvalue weighted by Crippen LogP contribution is 2.29. The maximum absolute atomic E-state index is 13.2. The maximum atomic E-state index is 13.2. The van der Waals surface area contributed by atoms with Crippen LogP contribution in [0, 0.1) is 11.8 Å². The molecule has 1 aromatic carbocycles. The molecule has 1 amide bonds. The van der Waals surface area contributed by atoms with Crippen molar-refractivity contribution in [3.05, 3.63) is 59.9 Å². The second kappa shape index (κ2) is 9.95. The van der Waals surface area contributed by atoms with Gasteiger partial charge in [-0.3, -0.25) is 4.79 Å². The average Bonchev–Trinajstić information content (AvgIpc) is 3.36. The van der Waals surface area contributed by atoms with Crippen LogP contribution < -0.4 is 0 Å². The van der Waals surface area contributed by atoms with E-state index in [1.165, 1.54) is 36.9 Å². The van der Waals surface area contributed by atoms with Crippen molar-refractivity contribution in [3.8, 4) is 0 Å². The third kappa shape index (κ3) is 5.50. The quantitative estimate of drug-likeness (QED) is 0.533. The number of rotatable bonds is 9. The molecule has 1 atom stereocenters. The highest BCUT2D eigenvalue weighted by atomic mass is 16.2. The molecule has 3 heteroatoms. The Morgan fingerprint density at radius 1 is 1.07 bits per heavy atom. The summed E-state index contributed by atoms with van der Waals surface area (Å²) in [7, 11) is 0. The Bertz CT molecular complexity index is 728. The van der Waals surface area contributed by atoms with E-state index in [2.05, 4.69) is 78.9 Å². The van der Waals surface area contributed by atoms with Crippen molar-refractivity contribution in [2.24, 2.45) is 11.8 Å². The highest BCUT2D eigenvalue weighted by molar-refractivity contribution is 5.76. The SMILES string of the molecule is CC(C)C(C)N(Cc1cccn1Cc1ccccc1)C(=O)CCC1CCCC1. The minimum atomic E-state index is 0.246. The smallest absolute Gasteiger partial charge is 0.223 e. The van der Waals surface area contributed by atoms with Crippen LogP contribution in [0.25, 0.3) is 0 Å². The van der Waals surface area contributed by atoms with Crippen LogP contribution in [0.4, 0.5) is 0 Å². The zero-order valence-electron chi connectivity index (χ0n) is 17.8. The molecule has 0 aliphatic heterocycles. The van der Waals surface area contributed by atoms with Crippen molar-refractivity contribution in [1.82, 2.24) is 9.47 Å². The first kappa shape index (κ1) is 20.7. The van der Waals surface area contributed by atoms with Gasteiger partial charge in [0.2, 0.25) is 5.91 Å². The number of hydrogen-bond acceptors (Lipinski definition) is 1. The lowest BCUT2D eigenvalue weighted by atomic mass is 9.99. The molecular weight excluding hydrogens is 344 g/mol. The third-order valence-electron chi connectivity index (χ3n) is 6.47. The van der Waals surface area contributed by atoms with Crippen LogP contribution in [0.15, 0.2) is 48.7 Å².